The standard InChI is InChI=1S/C11H13NO4/c1-15-7-2-3-8-10(6-7)16-9(4-5-13)11(14)12-8/h2-3,6,9,13H,4-5H2,1H3,(H,12,14). The van der Waals surface area contributed by atoms with Crippen LogP contribution in [0.25, 0.3) is 0 Å². The summed E-state index contributed by atoms with van der Waals surface area (Å²) in [6.07, 6.45) is -0.354. The van der Waals surface area contributed by atoms with Crippen molar-refractivity contribution >= 4 is 11.6 Å². The first-order chi connectivity index (χ1) is 7.74. The van der Waals surface area contributed by atoms with Crippen molar-refractivity contribution < 1.29 is 19.4 Å². The Labute approximate surface area is 93.0 Å². The molecule has 1 heterocycles. The van der Waals surface area contributed by atoms with Crippen LogP contribution in [-0.4, -0.2) is 30.8 Å². The lowest BCUT2D eigenvalue weighted by molar-refractivity contribution is -0.124. The van der Waals surface area contributed by atoms with Gasteiger partial charge in [0.2, 0.25) is 0 Å². The second-order valence-corrected chi connectivity index (χ2v) is 3.47. The third kappa shape index (κ3) is 1.94. The highest BCUT2D eigenvalue weighted by Crippen LogP contribution is 2.33. The molecular formula is C11H13NO4. The van der Waals surface area contributed by atoms with Gasteiger partial charge >= 0.3 is 0 Å². The van der Waals surface area contributed by atoms with E-state index in [-0.39, 0.29) is 18.9 Å². The smallest absolute Gasteiger partial charge is 0.265 e. The van der Waals surface area contributed by atoms with Crippen molar-refractivity contribution in [2.24, 2.45) is 0 Å². The molecule has 5 heteroatoms. The van der Waals surface area contributed by atoms with Gasteiger partial charge in [-0.25, -0.2) is 0 Å². The van der Waals surface area contributed by atoms with Gasteiger partial charge < -0.3 is 19.9 Å². The molecule has 1 aliphatic heterocycles. The van der Waals surface area contributed by atoms with E-state index in [0.717, 1.165) is 0 Å². The first-order valence-corrected chi connectivity index (χ1v) is 5.01. The number of carbonyl (C=O) groups is 1. The lowest BCUT2D eigenvalue weighted by Gasteiger charge is -2.25. The predicted molar refractivity (Wildman–Crippen MR) is 57.7 cm³/mol. The number of aliphatic hydroxyl groups excluding tert-OH is 1. The minimum absolute atomic E-state index is 0.0859. The van der Waals surface area contributed by atoms with Gasteiger partial charge in [-0.15, -0.1) is 0 Å². The molecule has 0 spiro atoms. The molecule has 1 amide bonds. The van der Waals surface area contributed by atoms with Crippen LogP contribution in [0.3, 0.4) is 0 Å². The summed E-state index contributed by atoms with van der Waals surface area (Å²) < 4.78 is 10.5. The number of rotatable bonds is 3. The average molecular weight is 223 g/mol. The maximum absolute atomic E-state index is 11.5. The Kier molecular flexibility index (Phi) is 2.96. The summed E-state index contributed by atoms with van der Waals surface area (Å²) in [6.45, 7) is -0.0859. The Hall–Kier alpha value is -1.75. The summed E-state index contributed by atoms with van der Waals surface area (Å²) in [5, 5.41) is 11.5. The zero-order chi connectivity index (χ0) is 11.5. The summed E-state index contributed by atoms with van der Waals surface area (Å²) in [4.78, 5) is 11.5. The maximum Gasteiger partial charge on any atom is 0.265 e. The lowest BCUT2D eigenvalue weighted by atomic mass is 10.1. The molecular weight excluding hydrogens is 210 g/mol. The van der Waals surface area contributed by atoms with E-state index < -0.39 is 6.10 Å². The number of hydrogen-bond donors (Lipinski definition) is 2. The van der Waals surface area contributed by atoms with Gasteiger partial charge in [0.05, 0.1) is 12.8 Å². The Bertz CT molecular complexity index is 405. The van der Waals surface area contributed by atoms with Crippen LogP contribution < -0.4 is 14.8 Å². The minimum atomic E-state index is -0.635. The molecule has 1 atom stereocenters. The molecule has 1 unspecified atom stereocenters. The highest BCUT2D eigenvalue weighted by Gasteiger charge is 2.27. The average Bonchev–Trinajstić information content (AvgIpc) is 2.30. The number of ether oxygens (including phenoxy) is 2. The van der Waals surface area contributed by atoms with Crippen LogP contribution in [-0.2, 0) is 4.79 Å². The van der Waals surface area contributed by atoms with Crippen molar-refractivity contribution in [1.82, 2.24) is 0 Å². The van der Waals surface area contributed by atoms with E-state index in [1.54, 1.807) is 25.3 Å². The molecule has 0 saturated heterocycles. The Balaban J connectivity index is 2.25. The minimum Gasteiger partial charge on any atom is -0.497 e. The van der Waals surface area contributed by atoms with Crippen LogP contribution in [0.1, 0.15) is 6.42 Å². The van der Waals surface area contributed by atoms with Gasteiger partial charge in [0, 0.05) is 19.1 Å². The van der Waals surface area contributed by atoms with E-state index in [9.17, 15) is 4.79 Å². The van der Waals surface area contributed by atoms with Crippen molar-refractivity contribution in [2.75, 3.05) is 19.0 Å². The fourth-order valence-electron chi connectivity index (χ4n) is 1.56. The van der Waals surface area contributed by atoms with Gasteiger partial charge in [-0.05, 0) is 12.1 Å². The number of amides is 1. The molecule has 0 radical (unpaired) electrons. The molecule has 16 heavy (non-hydrogen) atoms. The first kappa shape index (κ1) is 10.8. The Morgan fingerprint density at radius 1 is 1.56 bits per heavy atom. The third-order valence-corrected chi connectivity index (χ3v) is 2.40. The molecule has 0 aromatic heterocycles. The number of carbonyl (C=O) groups excluding carboxylic acids is 1. The number of methoxy groups -OCH3 is 1. The van der Waals surface area contributed by atoms with E-state index in [1.807, 2.05) is 0 Å². The number of nitrogens with one attached hydrogen (secondary N) is 1. The zero-order valence-electron chi connectivity index (χ0n) is 8.90. The quantitative estimate of drug-likeness (QED) is 0.794. The van der Waals surface area contributed by atoms with E-state index >= 15 is 0 Å². The van der Waals surface area contributed by atoms with E-state index in [1.165, 1.54) is 0 Å². The molecule has 0 fully saturated rings. The highest BCUT2D eigenvalue weighted by atomic mass is 16.5. The van der Waals surface area contributed by atoms with Crippen molar-refractivity contribution in [2.45, 2.75) is 12.5 Å². The number of hydrogen-bond acceptors (Lipinski definition) is 4. The second kappa shape index (κ2) is 4.40. The van der Waals surface area contributed by atoms with Crippen LogP contribution in [0.2, 0.25) is 0 Å². The highest BCUT2D eigenvalue weighted by molar-refractivity contribution is 5.97. The van der Waals surface area contributed by atoms with Gasteiger partial charge in [0.1, 0.15) is 11.5 Å². The molecule has 86 valence electrons. The van der Waals surface area contributed by atoms with E-state index in [0.29, 0.717) is 17.2 Å². The first-order valence-electron chi connectivity index (χ1n) is 5.01. The van der Waals surface area contributed by atoms with Gasteiger partial charge in [0.15, 0.2) is 6.10 Å². The zero-order valence-corrected chi connectivity index (χ0v) is 8.90. The Morgan fingerprint density at radius 3 is 3.06 bits per heavy atom. The summed E-state index contributed by atoms with van der Waals surface area (Å²) in [5.74, 6) is 1.00. The molecule has 5 nitrogen and oxygen atoms in total. The predicted octanol–water partition coefficient (Wildman–Crippen LogP) is 0.777. The fraction of sp³-hybridized carbons (Fsp3) is 0.364. The molecule has 2 rings (SSSR count). The lowest BCUT2D eigenvalue weighted by Crippen LogP contribution is -2.37. The van der Waals surface area contributed by atoms with Crippen LogP contribution in [0.5, 0.6) is 11.5 Å². The summed E-state index contributed by atoms with van der Waals surface area (Å²) in [6, 6.07) is 5.18. The van der Waals surface area contributed by atoms with Crippen LogP contribution >= 0.6 is 0 Å². The molecule has 1 aromatic rings. The number of benzene rings is 1. The van der Waals surface area contributed by atoms with Crippen LogP contribution in [0, 0.1) is 0 Å². The van der Waals surface area contributed by atoms with Crippen molar-refractivity contribution in [1.29, 1.82) is 0 Å². The molecule has 0 saturated carbocycles. The molecule has 2 N–H and O–H groups in total. The van der Waals surface area contributed by atoms with E-state index in [4.69, 9.17) is 14.6 Å². The van der Waals surface area contributed by atoms with Crippen LogP contribution in [0.15, 0.2) is 18.2 Å². The van der Waals surface area contributed by atoms with Gasteiger partial charge in [-0.1, -0.05) is 0 Å². The van der Waals surface area contributed by atoms with Gasteiger partial charge in [0.25, 0.3) is 5.91 Å². The molecule has 0 bridgehead atoms. The maximum atomic E-state index is 11.5. The summed E-state index contributed by atoms with van der Waals surface area (Å²) in [7, 11) is 1.56. The van der Waals surface area contributed by atoms with Crippen molar-refractivity contribution in [3.63, 3.8) is 0 Å². The normalized spacial score (nSPS) is 18.4. The number of aliphatic hydroxyl groups is 1. The number of fused-ring (bicyclic) bond motifs is 1. The van der Waals surface area contributed by atoms with Gasteiger partial charge in [-0.3, -0.25) is 4.79 Å². The second-order valence-electron chi connectivity index (χ2n) is 3.47. The number of anilines is 1. The largest absolute Gasteiger partial charge is 0.497 e. The van der Waals surface area contributed by atoms with E-state index in [2.05, 4.69) is 5.32 Å². The molecule has 0 aliphatic carbocycles. The molecule has 1 aliphatic rings. The van der Waals surface area contributed by atoms with Gasteiger partial charge in [-0.2, -0.15) is 0 Å². The third-order valence-electron chi connectivity index (χ3n) is 2.40. The molecule has 1 aromatic carbocycles. The van der Waals surface area contributed by atoms with Crippen molar-refractivity contribution in [3.8, 4) is 11.5 Å². The topological polar surface area (TPSA) is 67.8 Å². The monoisotopic (exact) mass is 223 g/mol. The van der Waals surface area contributed by atoms with Crippen molar-refractivity contribution in [3.05, 3.63) is 18.2 Å². The fourth-order valence-corrected chi connectivity index (χ4v) is 1.56. The SMILES string of the molecule is COc1ccc2c(c1)OC(CCO)C(=O)N2. The summed E-state index contributed by atoms with van der Waals surface area (Å²) >= 11 is 0. The summed E-state index contributed by atoms with van der Waals surface area (Å²) in [5.41, 5.74) is 0.625. The van der Waals surface area contributed by atoms with Crippen LogP contribution in [0.4, 0.5) is 5.69 Å². The Morgan fingerprint density at radius 2 is 2.38 bits per heavy atom.